The largest absolute Gasteiger partial charge is 0.469 e. The molecule has 1 N–H and O–H groups in total. The number of rotatable bonds is 6. The molecule has 1 amide bonds. The van der Waals surface area contributed by atoms with Crippen LogP contribution in [0.2, 0.25) is 0 Å². The normalized spacial score (nSPS) is 14.6. The second-order valence-corrected chi connectivity index (χ2v) is 5.66. The molecular formula is C13H20BrNO2. The van der Waals surface area contributed by atoms with Crippen LogP contribution in [0.15, 0.2) is 22.8 Å². The molecule has 0 saturated carbocycles. The van der Waals surface area contributed by atoms with Gasteiger partial charge < -0.3 is 9.73 Å². The Bertz CT molecular complexity index is 335. The first kappa shape index (κ1) is 14.3. The number of hydrogen-bond acceptors (Lipinski definition) is 2. The van der Waals surface area contributed by atoms with Crippen molar-refractivity contribution in [3.63, 3.8) is 0 Å². The average Bonchev–Trinajstić information content (AvgIpc) is 2.77. The Morgan fingerprint density at radius 2 is 2.18 bits per heavy atom. The number of halogens is 1. The third-order valence-corrected chi connectivity index (χ3v) is 4.10. The van der Waals surface area contributed by atoms with E-state index >= 15 is 0 Å². The van der Waals surface area contributed by atoms with Gasteiger partial charge >= 0.3 is 0 Å². The molecule has 0 radical (unpaired) electrons. The van der Waals surface area contributed by atoms with Crippen LogP contribution in [-0.4, -0.2) is 16.8 Å². The number of carbonyl (C=O) groups is 1. The number of amides is 1. The molecule has 17 heavy (non-hydrogen) atoms. The topological polar surface area (TPSA) is 42.2 Å². The highest BCUT2D eigenvalue weighted by Crippen LogP contribution is 2.12. The molecule has 2 unspecified atom stereocenters. The van der Waals surface area contributed by atoms with Crippen molar-refractivity contribution < 1.29 is 9.21 Å². The molecule has 0 saturated heterocycles. The highest BCUT2D eigenvalue weighted by molar-refractivity contribution is 9.10. The fourth-order valence-electron chi connectivity index (χ4n) is 1.51. The second kappa shape index (κ2) is 6.84. The summed E-state index contributed by atoms with van der Waals surface area (Å²) in [5, 5.41) is 3.00. The molecule has 0 aromatic carbocycles. The van der Waals surface area contributed by atoms with Crippen LogP contribution in [0.3, 0.4) is 0 Å². The zero-order chi connectivity index (χ0) is 12.8. The lowest BCUT2D eigenvalue weighted by Gasteiger charge is -2.18. The number of hydrogen-bond donors (Lipinski definition) is 1. The first-order valence-corrected chi connectivity index (χ1v) is 6.89. The molecule has 0 fully saturated rings. The van der Waals surface area contributed by atoms with Crippen LogP contribution in [0.4, 0.5) is 0 Å². The molecule has 1 aromatic heterocycles. The Kier molecular flexibility index (Phi) is 5.75. The average molecular weight is 302 g/mol. The highest BCUT2D eigenvalue weighted by Gasteiger charge is 2.19. The lowest BCUT2D eigenvalue weighted by molar-refractivity contribution is -0.121. The predicted octanol–water partition coefficient (Wildman–Crippen LogP) is 3.14. The quantitative estimate of drug-likeness (QED) is 0.820. The van der Waals surface area contributed by atoms with E-state index in [0.717, 1.165) is 18.6 Å². The summed E-state index contributed by atoms with van der Waals surface area (Å²) in [6, 6.07) is 3.99. The van der Waals surface area contributed by atoms with E-state index in [4.69, 9.17) is 4.42 Å². The summed E-state index contributed by atoms with van der Waals surface area (Å²) >= 11 is 3.40. The molecule has 0 spiro atoms. The van der Waals surface area contributed by atoms with Crippen molar-refractivity contribution in [2.75, 3.05) is 0 Å². The van der Waals surface area contributed by atoms with Crippen LogP contribution in [0.1, 0.15) is 33.0 Å². The Labute approximate surface area is 111 Å². The lowest BCUT2D eigenvalue weighted by atomic mass is 10.1. The maximum atomic E-state index is 11.8. The van der Waals surface area contributed by atoms with Crippen LogP contribution in [-0.2, 0) is 11.2 Å². The van der Waals surface area contributed by atoms with Crippen molar-refractivity contribution in [2.45, 2.75) is 44.5 Å². The molecule has 1 rings (SSSR count). The molecule has 2 atom stereocenters. The van der Waals surface area contributed by atoms with Gasteiger partial charge in [0, 0.05) is 12.5 Å². The van der Waals surface area contributed by atoms with Crippen molar-refractivity contribution in [2.24, 2.45) is 5.92 Å². The fourth-order valence-corrected chi connectivity index (χ4v) is 1.64. The van der Waals surface area contributed by atoms with Gasteiger partial charge in [-0.1, -0.05) is 29.8 Å². The molecule has 96 valence electrons. The number of alkyl halides is 1. The van der Waals surface area contributed by atoms with Crippen molar-refractivity contribution >= 4 is 21.8 Å². The lowest BCUT2D eigenvalue weighted by Crippen LogP contribution is -2.39. The summed E-state index contributed by atoms with van der Waals surface area (Å²) < 4.78 is 5.25. The summed E-state index contributed by atoms with van der Waals surface area (Å²) in [6.45, 7) is 6.06. The maximum Gasteiger partial charge on any atom is 0.234 e. The minimum Gasteiger partial charge on any atom is -0.469 e. The van der Waals surface area contributed by atoms with E-state index in [2.05, 4.69) is 21.2 Å². The Morgan fingerprint density at radius 3 is 2.71 bits per heavy atom. The molecule has 1 heterocycles. The first-order valence-electron chi connectivity index (χ1n) is 5.97. The Hall–Kier alpha value is -0.770. The van der Waals surface area contributed by atoms with Crippen LogP contribution in [0.5, 0.6) is 0 Å². The van der Waals surface area contributed by atoms with Crippen molar-refractivity contribution in [3.8, 4) is 0 Å². The first-order chi connectivity index (χ1) is 8.00. The molecule has 3 nitrogen and oxygen atoms in total. The molecule has 0 aliphatic carbocycles. The monoisotopic (exact) mass is 301 g/mol. The summed E-state index contributed by atoms with van der Waals surface area (Å²) in [5.41, 5.74) is 0. The SMILES string of the molecule is CC(CCc1ccco1)NC(=O)C(Br)C(C)C. The van der Waals surface area contributed by atoms with E-state index in [1.807, 2.05) is 32.9 Å². The third-order valence-electron chi connectivity index (χ3n) is 2.63. The summed E-state index contributed by atoms with van der Waals surface area (Å²) in [5.74, 6) is 1.32. The van der Waals surface area contributed by atoms with Gasteiger partial charge in [0.05, 0.1) is 11.1 Å². The summed E-state index contributed by atoms with van der Waals surface area (Å²) in [7, 11) is 0. The number of carbonyl (C=O) groups excluding carboxylic acids is 1. The van der Waals surface area contributed by atoms with Crippen LogP contribution in [0, 0.1) is 5.92 Å². The minimum absolute atomic E-state index is 0.0620. The van der Waals surface area contributed by atoms with Gasteiger partial charge in [0.1, 0.15) is 5.76 Å². The zero-order valence-corrected chi connectivity index (χ0v) is 12.2. The summed E-state index contributed by atoms with van der Waals surface area (Å²) in [6.07, 6.45) is 3.41. The maximum absolute atomic E-state index is 11.8. The number of aryl methyl sites for hydroxylation is 1. The van der Waals surface area contributed by atoms with Crippen molar-refractivity contribution in [1.82, 2.24) is 5.32 Å². The highest BCUT2D eigenvalue weighted by atomic mass is 79.9. The third kappa shape index (κ3) is 4.94. The van der Waals surface area contributed by atoms with Gasteiger partial charge in [0.25, 0.3) is 0 Å². The second-order valence-electron chi connectivity index (χ2n) is 4.67. The molecule has 1 aromatic rings. The minimum atomic E-state index is -0.117. The molecule has 4 heteroatoms. The van der Waals surface area contributed by atoms with Crippen molar-refractivity contribution in [1.29, 1.82) is 0 Å². The van der Waals surface area contributed by atoms with Gasteiger partial charge in [-0.2, -0.15) is 0 Å². The van der Waals surface area contributed by atoms with E-state index in [9.17, 15) is 4.79 Å². The Balaban J connectivity index is 2.29. The number of nitrogens with one attached hydrogen (secondary N) is 1. The van der Waals surface area contributed by atoms with Crippen LogP contribution in [0.25, 0.3) is 0 Å². The van der Waals surface area contributed by atoms with Crippen molar-refractivity contribution in [3.05, 3.63) is 24.2 Å². The summed E-state index contributed by atoms with van der Waals surface area (Å²) in [4.78, 5) is 11.7. The van der Waals surface area contributed by atoms with E-state index in [0.29, 0.717) is 5.92 Å². The van der Waals surface area contributed by atoms with Crippen LogP contribution >= 0.6 is 15.9 Å². The van der Waals surface area contributed by atoms with E-state index < -0.39 is 0 Å². The van der Waals surface area contributed by atoms with Gasteiger partial charge in [0.2, 0.25) is 5.91 Å². The molecule has 0 aliphatic rings. The van der Waals surface area contributed by atoms with E-state index in [-0.39, 0.29) is 16.8 Å². The molecule has 0 aliphatic heterocycles. The Morgan fingerprint density at radius 1 is 1.47 bits per heavy atom. The van der Waals surface area contributed by atoms with Gasteiger partial charge in [-0.3, -0.25) is 4.79 Å². The van der Waals surface area contributed by atoms with E-state index in [1.165, 1.54) is 0 Å². The fraction of sp³-hybridized carbons (Fsp3) is 0.615. The van der Waals surface area contributed by atoms with Gasteiger partial charge in [-0.15, -0.1) is 0 Å². The molecule has 0 bridgehead atoms. The molecular weight excluding hydrogens is 282 g/mol. The standard InChI is InChI=1S/C13H20BrNO2/c1-9(2)12(14)13(16)15-10(3)6-7-11-5-4-8-17-11/h4-5,8-10,12H,6-7H2,1-3H3,(H,15,16). The van der Waals surface area contributed by atoms with Gasteiger partial charge in [-0.25, -0.2) is 0 Å². The zero-order valence-electron chi connectivity index (χ0n) is 10.6. The number of furan rings is 1. The van der Waals surface area contributed by atoms with E-state index in [1.54, 1.807) is 6.26 Å². The van der Waals surface area contributed by atoms with Gasteiger partial charge in [-0.05, 0) is 31.4 Å². The van der Waals surface area contributed by atoms with Gasteiger partial charge in [0.15, 0.2) is 0 Å². The van der Waals surface area contributed by atoms with Crippen LogP contribution < -0.4 is 5.32 Å². The predicted molar refractivity (Wildman–Crippen MR) is 72.2 cm³/mol. The smallest absolute Gasteiger partial charge is 0.234 e.